The van der Waals surface area contributed by atoms with Crippen molar-refractivity contribution in [3.63, 3.8) is 0 Å². The summed E-state index contributed by atoms with van der Waals surface area (Å²) in [7, 11) is 0. The third kappa shape index (κ3) is 9.14. The second kappa shape index (κ2) is 16.6. The normalized spacial score (nSPS) is 19.5. The minimum atomic E-state index is -4.90. The topological polar surface area (TPSA) is 109 Å². The number of thiophene rings is 1. The van der Waals surface area contributed by atoms with E-state index in [9.17, 15) is 40.7 Å². The van der Waals surface area contributed by atoms with Crippen molar-refractivity contribution in [2.45, 2.75) is 82.3 Å². The van der Waals surface area contributed by atoms with E-state index in [1.54, 1.807) is 19.1 Å². The van der Waals surface area contributed by atoms with E-state index in [-0.39, 0.29) is 51.1 Å². The Morgan fingerprint density at radius 2 is 1.81 bits per heavy atom. The van der Waals surface area contributed by atoms with E-state index in [1.807, 2.05) is 18.2 Å². The van der Waals surface area contributed by atoms with Crippen molar-refractivity contribution in [1.82, 2.24) is 14.8 Å². The van der Waals surface area contributed by atoms with Gasteiger partial charge in [-0.15, -0.1) is 11.3 Å². The fourth-order valence-electron chi connectivity index (χ4n) is 6.86. The van der Waals surface area contributed by atoms with E-state index in [4.69, 9.17) is 14.6 Å². The highest BCUT2D eigenvalue weighted by Crippen LogP contribution is 2.43. The number of pyridine rings is 1. The average Bonchev–Trinajstić information content (AvgIpc) is 3.61. The van der Waals surface area contributed by atoms with E-state index in [2.05, 4.69) is 4.98 Å². The van der Waals surface area contributed by atoms with Crippen LogP contribution in [0.1, 0.15) is 84.8 Å². The van der Waals surface area contributed by atoms with Crippen molar-refractivity contribution < 1.29 is 55.3 Å². The number of aliphatic carboxylic acids is 1. The highest BCUT2D eigenvalue weighted by Gasteiger charge is 2.56. The first-order chi connectivity index (χ1) is 25.2. The Morgan fingerprint density at radius 1 is 1.04 bits per heavy atom. The summed E-state index contributed by atoms with van der Waals surface area (Å²) in [4.78, 5) is 45.1. The van der Waals surface area contributed by atoms with Gasteiger partial charge in [-0.05, 0) is 55.9 Å². The molecule has 5 rings (SSSR count). The predicted octanol–water partition coefficient (Wildman–Crippen LogP) is 8.35. The Kier molecular flexibility index (Phi) is 12.4. The van der Waals surface area contributed by atoms with Gasteiger partial charge < -0.3 is 24.4 Å². The first kappa shape index (κ1) is 39.6. The van der Waals surface area contributed by atoms with Crippen molar-refractivity contribution in [3.05, 3.63) is 81.8 Å². The largest absolute Gasteiger partial charge is 0.493 e. The zero-order valence-corrected chi connectivity index (χ0v) is 29.7. The summed E-state index contributed by atoms with van der Waals surface area (Å²) < 4.78 is 95.2. The summed E-state index contributed by atoms with van der Waals surface area (Å²) in [6, 6.07) is 8.75. The number of rotatable bonds is 13. The van der Waals surface area contributed by atoms with Crippen molar-refractivity contribution in [1.29, 1.82) is 0 Å². The molecule has 1 fully saturated rings. The molecule has 0 spiro atoms. The van der Waals surface area contributed by atoms with Crippen LogP contribution in [-0.2, 0) is 21.9 Å². The first-order valence-corrected chi connectivity index (χ1v) is 18.1. The number of benzene rings is 1. The van der Waals surface area contributed by atoms with Gasteiger partial charge in [0.05, 0.1) is 18.2 Å². The minimum absolute atomic E-state index is 0.00253. The molecular formula is C37H39F6N3O6S. The van der Waals surface area contributed by atoms with Crippen LogP contribution >= 0.6 is 11.3 Å². The Balaban J connectivity index is 1.47. The zero-order chi connectivity index (χ0) is 38.4. The van der Waals surface area contributed by atoms with Crippen LogP contribution in [0.2, 0.25) is 0 Å². The Hall–Kier alpha value is -4.60. The molecule has 2 atom stereocenters. The molecule has 0 unspecified atom stereocenters. The van der Waals surface area contributed by atoms with Crippen LogP contribution in [0.4, 0.5) is 26.3 Å². The van der Waals surface area contributed by atoms with Gasteiger partial charge in [-0.2, -0.15) is 26.3 Å². The molecule has 286 valence electrons. The lowest BCUT2D eigenvalue weighted by Crippen LogP contribution is -2.68. The number of hydrogen-bond acceptors (Lipinski definition) is 7. The molecule has 2 amide bonds. The molecule has 0 saturated carbocycles. The Labute approximate surface area is 306 Å². The number of para-hydroxylation sites is 1. The van der Waals surface area contributed by atoms with Gasteiger partial charge in [0.2, 0.25) is 5.60 Å². The lowest BCUT2D eigenvalue weighted by molar-refractivity contribution is -0.159. The molecule has 0 bridgehead atoms. The van der Waals surface area contributed by atoms with Gasteiger partial charge in [0.25, 0.3) is 11.8 Å². The van der Waals surface area contributed by atoms with E-state index in [0.717, 1.165) is 45.8 Å². The molecule has 2 aliphatic heterocycles. The maximum absolute atomic E-state index is 14.8. The van der Waals surface area contributed by atoms with Crippen molar-refractivity contribution in [3.8, 4) is 11.5 Å². The van der Waals surface area contributed by atoms with Gasteiger partial charge in [0.1, 0.15) is 22.1 Å². The summed E-state index contributed by atoms with van der Waals surface area (Å²) in [5, 5.41) is 10.0. The molecule has 1 N–H and O–H groups in total. The molecule has 1 aromatic carbocycles. The predicted molar refractivity (Wildman–Crippen MR) is 183 cm³/mol. The van der Waals surface area contributed by atoms with Crippen LogP contribution in [0.15, 0.2) is 60.1 Å². The fourth-order valence-corrected chi connectivity index (χ4v) is 7.54. The standard InChI is InChI=1S/C37H39F6N3O6S/c1-2-9-29-35(52-25-22-30(53-23-25)37(41,42)43,16-8-18-46(29)33(49)32-27(36(38,39)40)11-7-17-44-32)34(50)45-19-14-24(15-20-45)26-10-3-4-12-28(26)51-21-6-5-13-31(47)48/h3-4,7,10-12,14,17,22-23,29H,2,5-6,8-9,13,15-16,18-21H2,1H3,(H,47,48)/t29-,35+/m1/s1. The van der Waals surface area contributed by atoms with Crippen molar-refractivity contribution in [2.75, 3.05) is 26.2 Å². The summed E-state index contributed by atoms with van der Waals surface area (Å²) in [5.41, 5.74) is -2.35. The number of carbonyl (C=O) groups is 3. The molecule has 3 aromatic rings. The van der Waals surface area contributed by atoms with E-state index in [1.165, 1.54) is 4.90 Å². The third-order valence-electron chi connectivity index (χ3n) is 9.29. The maximum atomic E-state index is 14.8. The van der Waals surface area contributed by atoms with Crippen LogP contribution < -0.4 is 9.47 Å². The maximum Gasteiger partial charge on any atom is 0.425 e. The van der Waals surface area contributed by atoms with Gasteiger partial charge >= 0.3 is 18.3 Å². The number of amides is 2. The number of carboxylic acid groups (broad SMARTS) is 1. The number of likely N-dealkylation sites (tertiary alicyclic amines) is 1. The molecule has 2 aromatic heterocycles. The minimum Gasteiger partial charge on any atom is -0.493 e. The fraction of sp³-hybridized carbons (Fsp3) is 0.459. The number of aromatic nitrogens is 1. The smallest absolute Gasteiger partial charge is 0.425 e. The number of piperidine rings is 1. The number of alkyl halides is 6. The third-order valence-corrected chi connectivity index (χ3v) is 10.2. The van der Waals surface area contributed by atoms with E-state index < -0.39 is 57.9 Å². The molecule has 16 heteroatoms. The van der Waals surface area contributed by atoms with Crippen molar-refractivity contribution in [2.24, 2.45) is 0 Å². The lowest BCUT2D eigenvalue weighted by atomic mass is 9.79. The molecule has 53 heavy (non-hydrogen) atoms. The Bertz CT molecular complexity index is 1810. The lowest BCUT2D eigenvalue weighted by Gasteiger charge is -2.50. The molecule has 4 heterocycles. The number of carboxylic acids is 1. The number of nitrogens with zero attached hydrogens (tertiary/aromatic N) is 3. The van der Waals surface area contributed by atoms with Gasteiger partial charge in [-0.1, -0.05) is 37.6 Å². The number of unbranched alkanes of at least 4 members (excludes halogenated alkanes) is 1. The van der Waals surface area contributed by atoms with Gasteiger partial charge in [-0.25, -0.2) is 0 Å². The quantitative estimate of drug-likeness (QED) is 0.138. The molecular weight excluding hydrogens is 728 g/mol. The summed E-state index contributed by atoms with van der Waals surface area (Å²) in [6.45, 7) is 2.30. The highest BCUT2D eigenvalue weighted by atomic mass is 32.1. The number of halogens is 6. The number of hydrogen-bond donors (Lipinski definition) is 1. The van der Waals surface area contributed by atoms with Crippen LogP contribution in [0.25, 0.3) is 5.57 Å². The van der Waals surface area contributed by atoms with E-state index >= 15 is 0 Å². The molecule has 9 nitrogen and oxygen atoms in total. The van der Waals surface area contributed by atoms with Gasteiger partial charge in [0, 0.05) is 55.7 Å². The summed E-state index contributed by atoms with van der Waals surface area (Å²) in [6.07, 6.45) is -4.70. The first-order valence-electron chi connectivity index (χ1n) is 17.3. The summed E-state index contributed by atoms with van der Waals surface area (Å²) in [5.74, 6) is -2.18. The van der Waals surface area contributed by atoms with Crippen LogP contribution in [0.3, 0.4) is 0 Å². The average molecular weight is 768 g/mol. The zero-order valence-electron chi connectivity index (χ0n) is 28.8. The van der Waals surface area contributed by atoms with Crippen LogP contribution in [0, 0.1) is 0 Å². The molecule has 0 radical (unpaired) electrons. The van der Waals surface area contributed by atoms with Crippen LogP contribution in [-0.4, -0.2) is 75.6 Å². The van der Waals surface area contributed by atoms with Crippen LogP contribution in [0.5, 0.6) is 11.5 Å². The Morgan fingerprint density at radius 3 is 2.47 bits per heavy atom. The van der Waals surface area contributed by atoms with Gasteiger partial charge in [-0.3, -0.25) is 19.4 Å². The summed E-state index contributed by atoms with van der Waals surface area (Å²) >= 11 is 0.385. The number of ether oxygens (including phenoxy) is 2. The number of carbonyl (C=O) groups excluding carboxylic acids is 2. The molecule has 0 aliphatic carbocycles. The van der Waals surface area contributed by atoms with E-state index in [0.29, 0.717) is 49.4 Å². The van der Waals surface area contributed by atoms with Crippen molar-refractivity contribution >= 4 is 34.7 Å². The second-order valence-corrected chi connectivity index (χ2v) is 13.8. The second-order valence-electron chi connectivity index (χ2n) is 12.9. The van der Waals surface area contributed by atoms with Gasteiger partial charge in [0.15, 0.2) is 0 Å². The SMILES string of the molecule is CCC[C@H]1N(C(=O)c2ncccc2C(F)(F)F)CCC[C@@]1(Oc1csc(C(F)(F)F)c1)C(=O)N1CC=C(c2ccccc2OCCCCC(=O)O)CC1. The molecule has 2 aliphatic rings. The monoisotopic (exact) mass is 767 g/mol. The highest BCUT2D eigenvalue weighted by molar-refractivity contribution is 7.10. The molecule has 1 saturated heterocycles.